The lowest BCUT2D eigenvalue weighted by atomic mass is 10.0. The fraction of sp³-hybridized carbons (Fsp3) is 0.375. The van der Waals surface area contributed by atoms with Gasteiger partial charge in [-0.2, -0.15) is 0 Å². The third-order valence-corrected chi connectivity index (χ3v) is 4.20. The number of aromatic nitrogens is 1. The van der Waals surface area contributed by atoms with E-state index in [9.17, 15) is 4.79 Å². The third kappa shape index (κ3) is 2.87. The van der Waals surface area contributed by atoms with Gasteiger partial charge in [-0.1, -0.05) is 11.6 Å². The number of carbonyl (C=O) groups is 1. The van der Waals surface area contributed by atoms with Gasteiger partial charge in [0.05, 0.1) is 28.4 Å². The van der Waals surface area contributed by atoms with Crippen LogP contribution in [0.4, 0.5) is 10.5 Å². The molecule has 5 nitrogen and oxygen atoms in total. The minimum Gasteiger partial charge on any atom is -0.379 e. The molecule has 2 N–H and O–H groups in total. The van der Waals surface area contributed by atoms with Crippen molar-refractivity contribution in [3.05, 3.63) is 35.0 Å². The quantitative estimate of drug-likeness (QED) is 0.890. The molecule has 0 radical (unpaired) electrons. The Morgan fingerprint density at radius 2 is 2.32 bits per heavy atom. The first-order valence-corrected chi connectivity index (χ1v) is 7.57. The van der Waals surface area contributed by atoms with Crippen molar-refractivity contribution in [1.29, 1.82) is 0 Å². The molecule has 6 heteroatoms. The van der Waals surface area contributed by atoms with Gasteiger partial charge < -0.3 is 15.4 Å². The van der Waals surface area contributed by atoms with Gasteiger partial charge >= 0.3 is 6.03 Å². The molecular weight excluding hydrogens is 302 g/mol. The number of halogens is 1. The topological polar surface area (TPSA) is 63.2 Å². The van der Waals surface area contributed by atoms with Crippen molar-refractivity contribution in [3.63, 3.8) is 0 Å². The molecule has 0 unspecified atom stereocenters. The lowest BCUT2D eigenvalue weighted by molar-refractivity contribution is 0.172. The van der Waals surface area contributed by atoms with Crippen LogP contribution in [0.25, 0.3) is 10.9 Å². The van der Waals surface area contributed by atoms with E-state index in [1.807, 2.05) is 32.0 Å². The van der Waals surface area contributed by atoms with Crippen LogP contribution < -0.4 is 10.6 Å². The van der Waals surface area contributed by atoms with Gasteiger partial charge in [0.25, 0.3) is 0 Å². The summed E-state index contributed by atoms with van der Waals surface area (Å²) in [5.74, 6) is 0. The largest absolute Gasteiger partial charge is 0.379 e. The summed E-state index contributed by atoms with van der Waals surface area (Å²) in [6, 6.07) is 5.25. The molecule has 2 heterocycles. The first-order chi connectivity index (χ1) is 10.5. The summed E-state index contributed by atoms with van der Waals surface area (Å²) >= 11 is 6.31. The van der Waals surface area contributed by atoms with Crippen LogP contribution in [0.2, 0.25) is 5.02 Å². The van der Waals surface area contributed by atoms with E-state index in [1.165, 1.54) is 0 Å². The first-order valence-electron chi connectivity index (χ1n) is 7.19. The van der Waals surface area contributed by atoms with Crippen LogP contribution in [0.3, 0.4) is 0 Å². The summed E-state index contributed by atoms with van der Waals surface area (Å²) in [6.07, 6.45) is 2.52. The molecule has 0 saturated carbocycles. The highest BCUT2D eigenvalue weighted by atomic mass is 35.5. The summed E-state index contributed by atoms with van der Waals surface area (Å²) in [4.78, 5) is 16.7. The maximum atomic E-state index is 12.3. The molecule has 0 aliphatic carbocycles. The number of benzene rings is 1. The lowest BCUT2D eigenvalue weighted by Crippen LogP contribution is -2.48. The second-order valence-electron chi connectivity index (χ2n) is 5.89. The number of fused-ring (bicyclic) bond motifs is 1. The maximum absolute atomic E-state index is 12.3. The highest BCUT2D eigenvalue weighted by Gasteiger charge is 2.31. The van der Waals surface area contributed by atoms with Crippen molar-refractivity contribution >= 4 is 34.2 Å². The zero-order chi connectivity index (χ0) is 15.7. The maximum Gasteiger partial charge on any atom is 0.319 e. The van der Waals surface area contributed by atoms with Gasteiger partial charge in [0.2, 0.25) is 0 Å². The number of ether oxygens (including phenoxy) is 1. The Labute approximate surface area is 134 Å². The molecular formula is C16H18ClN3O2. The number of carbonyl (C=O) groups excluding carboxylic acids is 1. The van der Waals surface area contributed by atoms with Crippen LogP contribution in [-0.2, 0) is 4.74 Å². The normalized spacial score (nSPS) is 21.0. The fourth-order valence-electron chi connectivity index (χ4n) is 2.69. The monoisotopic (exact) mass is 319 g/mol. The predicted molar refractivity (Wildman–Crippen MR) is 87.5 cm³/mol. The van der Waals surface area contributed by atoms with Crippen molar-refractivity contribution in [2.45, 2.75) is 25.8 Å². The number of hydrogen-bond donors (Lipinski definition) is 2. The third-order valence-electron chi connectivity index (χ3n) is 3.91. The van der Waals surface area contributed by atoms with Gasteiger partial charge in [-0.25, -0.2) is 4.79 Å². The van der Waals surface area contributed by atoms with E-state index in [0.29, 0.717) is 23.9 Å². The molecule has 1 aliphatic heterocycles. The minimum atomic E-state index is -0.338. The summed E-state index contributed by atoms with van der Waals surface area (Å²) in [6.45, 7) is 5.09. The van der Waals surface area contributed by atoms with Gasteiger partial charge in [0.15, 0.2) is 0 Å². The lowest BCUT2D eigenvalue weighted by Gasteiger charge is -2.24. The minimum absolute atomic E-state index is 0.288. The second-order valence-corrected chi connectivity index (χ2v) is 6.30. The zero-order valence-electron chi connectivity index (χ0n) is 12.6. The Morgan fingerprint density at radius 3 is 3.05 bits per heavy atom. The Kier molecular flexibility index (Phi) is 3.93. The van der Waals surface area contributed by atoms with E-state index in [1.54, 1.807) is 6.20 Å². The van der Waals surface area contributed by atoms with E-state index in [-0.39, 0.29) is 11.6 Å². The fourth-order valence-corrected chi connectivity index (χ4v) is 3.00. The number of nitrogens with zero attached hydrogens (tertiary/aromatic N) is 1. The summed E-state index contributed by atoms with van der Waals surface area (Å²) in [5.41, 5.74) is 2.05. The highest BCUT2D eigenvalue weighted by molar-refractivity contribution is 6.35. The number of hydrogen-bond acceptors (Lipinski definition) is 3. The van der Waals surface area contributed by atoms with Crippen molar-refractivity contribution < 1.29 is 9.53 Å². The van der Waals surface area contributed by atoms with Crippen LogP contribution >= 0.6 is 11.6 Å². The number of aryl methyl sites for hydroxylation is 1. The average Bonchev–Trinajstić information content (AvgIpc) is 2.89. The SMILES string of the molecule is Cc1cc(Cl)c(NC(=O)N[C@]2(C)CCOC2)c2cccnc12. The van der Waals surface area contributed by atoms with Gasteiger partial charge in [-0.3, -0.25) is 4.98 Å². The molecule has 2 amide bonds. The molecule has 0 bridgehead atoms. The smallest absolute Gasteiger partial charge is 0.319 e. The molecule has 1 aromatic heterocycles. The number of anilines is 1. The molecule has 0 spiro atoms. The predicted octanol–water partition coefficient (Wildman–Crippen LogP) is 3.50. The second kappa shape index (κ2) is 5.74. The summed E-state index contributed by atoms with van der Waals surface area (Å²) in [5, 5.41) is 7.14. The molecule has 1 aliphatic rings. The summed E-state index contributed by atoms with van der Waals surface area (Å²) in [7, 11) is 0. The Hall–Kier alpha value is -1.85. The highest BCUT2D eigenvalue weighted by Crippen LogP contribution is 2.32. The summed E-state index contributed by atoms with van der Waals surface area (Å²) < 4.78 is 5.34. The van der Waals surface area contributed by atoms with E-state index in [2.05, 4.69) is 15.6 Å². The number of nitrogens with one attached hydrogen (secondary N) is 2. The average molecular weight is 320 g/mol. The van der Waals surface area contributed by atoms with Crippen LogP contribution in [0.5, 0.6) is 0 Å². The molecule has 1 atom stereocenters. The molecule has 3 rings (SSSR count). The van der Waals surface area contributed by atoms with E-state index in [0.717, 1.165) is 22.9 Å². The number of urea groups is 1. The molecule has 2 aromatic rings. The van der Waals surface area contributed by atoms with E-state index in [4.69, 9.17) is 16.3 Å². The van der Waals surface area contributed by atoms with Gasteiger partial charge in [0.1, 0.15) is 0 Å². The Morgan fingerprint density at radius 1 is 1.50 bits per heavy atom. The Balaban J connectivity index is 1.89. The van der Waals surface area contributed by atoms with Crippen LogP contribution in [0.1, 0.15) is 18.9 Å². The Bertz CT molecular complexity index is 727. The van der Waals surface area contributed by atoms with Crippen molar-refractivity contribution in [2.24, 2.45) is 0 Å². The molecule has 1 fully saturated rings. The van der Waals surface area contributed by atoms with Crippen molar-refractivity contribution in [2.75, 3.05) is 18.5 Å². The molecule has 1 aromatic carbocycles. The molecule has 22 heavy (non-hydrogen) atoms. The van der Waals surface area contributed by atoms with Gasteiger partial charge in [0, 0.05) is 18.2 Å². The van der Waals surface area contributed by atoms with E-state index < -0.39 is 0 Å². The number of amides is 2. The van der Waals surface area contributed by atoms with Crippen molar-refractivity contribution in [3.8, 4) is 0 Å². The van der Waals surface area contributed by atoms with Gasteiger partial charge in [-0.05, 0) is 44.0 Å². The first kappa shape index (κ1) is 15.1. The van der Waals surface area contributed by atoms with Crippen LogP contribution in [0.15, 0.2) is 24.4 Å². The van der Waals surface area contributed by atoms with Crippen LogP contribution in [0, 0.1) is 6.92 Å². The van der Waals surface area contributed by atoms with E-state index >= 15 is 0 Å². The zero-order valence-corrected chi connectivity index (χ0v) is 13.3. The molecule has 1 saturated heterocycles. The number of pyridine rings is 1. The van der Waals surface area contributed by atoms with Crippen LogP contribution in [-0.4, -0.2) is 29.8 Å². The van der Waals surface area contributed by atoms with Crippen molar-refractivity contribution in [1.82, 2.24) is 10.3 Å². The standard InChI is InChI=1S/C16H18ClN3O2/c1-10-8-12(17)14(11-4-3-6-18-13(10)11)19-15(21)20-16(2)5-7-22-9-16/h3-4,6,8H,5,7,9H2,1-2H3,(H2,19,20,21)/t16-/m1/s1. The number of rotatable bonds is 2. The molecule has 116 valence electrons. The van der Waals surface area contributed by atoms with Gasteiger partial charge in [-0.15, -0.1) is 0 Å².